The van der Waals surface area contributed by atoms with Crippen molar-refractivity contribution in [3.05, 3.63) is 5.82 Å². The summed E-state index contributed by atoms with van der Waals surface area (Å²) >= 11 is 0. The summed E-state index contributed by atoms with van der Waals surface area (Å²) in [6, 6.07) is -0.427. The third-order valence-corrected chi connectivity index (χ3v) is 3.54. The second kappa shape index (κ2) is 6.38. The fraction of sp³-hybridized carbons (Fsp3) is 0.909. The Kier molecular flexibility index (Phi) is 4.81. The number of tetrazole rings is 1. The summed E-state index contributed by atoms with van der Waals surface area (Å²) in [4.78, 5) is 0. The molecule has 4 N–H and O–H groups in total. The molecule has 0 unspecified atom stereocenters. The molecule has 0 bridgehead atoms. The van der Waals surface area contributed by atoms with Crippen LogP contribution in [0.4, 0.5) is 0 Å². The number of rotatable bonds is 0. The summed E-state index contributed by atoms with van der Waals surface area (Å²) in [5.74, 6) is 0.185. The minimum Gasteiger partial charge on any atom is -0.388 e. The molecule has 3 heterocycles. The van der Waals surface area contributed by atoms with E-state index in [-0.39, 0.29) is 5.82 Å². The van der Waals surface area contributed by atoms with Crippen LogP contribution in [0.25, 0.3) is 0 Å². The van der Waals surface area contributed by atoms with Crippen LogP contribution in [0.3, 0.4) is 0 Å². The van der Waals surface area contributed by atoms with E-state index in [2.05, 4.69) is 20.8 Å². The maximum absolute atomic E-state index is 9.46. The van der Waals surface area contributed by atoms with Gasteiger partial charge in [0, 0.05) is 0 Å². The molecule has 108 valence electrons. The van der Waals surface area contributed by atoms with Gasteiger partial charge in [-0.1, -0.05) is 6.42 Å². The molecule has 1 fully saturated rings. The predicted octanol–water partition coefficient (Wildman–Crippen LogP) is -1.24. The van der Waals surface area contributed by atoms with Crippen molar-refractivity contribution in [1.29, 1.82) is 0 Å². The van der Waals surface area contributed by atoms with Gasteiger partial charge in [-0.3, -0.25) is 0 Å². The van der Waals surface area contributed by atoms with E-state index in [0.717, 1.165) is 0 Å². The molecule has 1 aromatic heterocycles. The number of hydrogen-bond acceptors (Lipinski definition) is 7. The van der Waals surface area contributed by atoms with Gasteiger partial charge in [0.2, 0.25) is 0 Å². The Bertz CT molecular complexity index is 355. The Balaban J connectivity index is 0.000000186. The first-order chi connectivity index (χ1) is 9.13. The molecule has 3 rings (SSSR count). The molecule has 19 heavy (non-hydrogen) atoms. The molecular weight excluding hydrogens is 250 g/mol. The fourth-order valence-corrected chi connectivity index (χ4v) is 2.26. The molecule has 0 spiro atoms. The normalized spacial score (nSPS) is 34.1. The van der Waals surface area contributed by atoms with Crippen molar-refractivity contribution in [3.8, 4) is 0 Å². The van der Waals surface area contributed by atoms with E-state index >= 15 is 0 Å². The van der Waals surface area contributed by atoms with Crippen LogP contribution in [0.1, 0.15) is 44.2 Å². The van der Waals surface area contributed by atoms with Gasteiger partial charge in [-0.05, 0) is 43.3 Å². The Morgan fingerprint density at radius 2 is 1.79 bits per heavy atom. The lowest BCUT2D eigenvalue weighted by Crippen LogP contribution is -2.44. The van der Waals surface area contributed by atoms with Crippen LogP contribution in [0.2, 0.25) is 0 Å². The van der Waals surface area contributed by atoms with Gasteiger partial charge in [0.1, 0.15) is 18.3 Å². The first-order valence-electron chi connectivity index (χ1n) is 6.65. The summed E-state index contributed by atoms with van der Waals surface area (Å²) in [6.45, 7) is 4.17. The maximum atomic E-state index is 9.46. The van der Waals surface area contributed by atoms with Gasteiger partial charge in [-0.25, -0.2) is 4.68 Å². The zero-order valence-electron chi connectivity index (χ0n) is 11.0. The molecule has 8 heteroatoms. The van der Waals surface area contributed by atoms with Crippen molar-refractivity contribution < 1.29 is 15.3 Å². The standard InChI is InChI=1S/C6H10N4O3.C5H11N/c1-2-3(11)4(12)5(13)6-7-8-9-10(2)6;1-2-4-6-5-3-1/h2-5,11-13H,1H3;6H,1-5H2/t2-,3-,4+,5+;/m1./s1. The Morgan fingerprint density at radius 3 is 2.32 bits per heavy atom. The molecule has 0 radical (unpaired) electrons. The number of aromatic nitrogens is 4. The third-order valence-electron chi connectivity index (χ3n) is 3.54. The monoisotopic (exact) mass is 271 g/mol. The van der Waals surface area contributed by atoms with Crippen molar-refractivity contribution in [3.63, 3.8) is 0 Å². The van der Waals surface area contributed by atoms with Gasteiger partial charge in [-0.2, -0.15) is 0 Å². The van der Waals surface area contributed by atoms with Crippen molar-refractivity contribution in [2.24, 2.45) is 0 Å². The molecular formula is C11H21N5O3. The van der Waals surface area contributed by atoms with Crippen LogP contribution >= 0.6 is 0 Å². The Hall–Kier alpha value is -1.09. The number of nitrogens with one attached hydrogen (secondary N) is 1. The van der Waals surface area contributed by atoms with E-state index in [1.54, 1.807) is 6.92 Å². The van der Waals surface area contributed by atoms with Crippen LogP contribution in [-0.2, 0) is 0 Å². The summed E-state index contributed by atoms with van der Waals surface area (Å²) < 4.78 is 1.31. The average Bonchev–Trinajstić information content (AvgIpc) is 2.95. The number of aliphatic hydroxyl groups is 3. The van der Waals surface area contributed by atoms with Gasteiger partial charge >= 0.3 is 0 Å². The molecule has 0 aliphatic carbocycles. The molecule has 4 atom stereocenters. The Labute approximate surface area is 111 Å². The van der Waals surface area contributed by atoms with E-state index in [1.807, 2.05) is 0 Å². The second-order valence-electron chi connectivity index (χ2n) is 4.96. The molecule has 2 aliphatic heterocycles. The van der Waals surface area contributed by atoms with Crippen molar-refractivity contribution in [2.75, 3.05) is 13.1 Å². The zero-order chi connectivity index (χ0) is 13.8. The lowest BCUT2D eigenvalue weighted by atomic mass is 9.97. The van der Waals surface area contributed by atoms with E-state index in [0.29, 0.717) is 0 Å². The van der Waals surface area contributed by atoms with Crippen LogP contribution in [-0.4, -0.2) is 60.8 Å². The van der Waals surface area contributed by atoms with Gasteiger partial charge < -0.3 is 20.6 Å². The number of nitrogens with zero attached hydrogens (tertiary/aromatic N) is 4. The number of aliphatic hydroxyl groups excluding tert-OH is 3. The van der Waals surface area contributed by atoms with E-state index < -0.39 is 24.4 Å². The van der Waals surface area contributed by atoms with E-state index in [1.165, 1.54) is 37.0 Å². The van der Waals surface area contributed by atoms with Crippen LogP contribution in [0.15, 0.2) is 0 Å². The van der Waals surface area contributed by atoms with E-state index in [4.69, 9.17) is 0 Å². The molecule has 1 aromatic rings. The summed E-state index contributed by atoms with van der Waals surface area (Å²) in [5, 5.41) is 42.1. The zero-order valence-corrected chi connectivity index (χ0v) is 11.0. The lowest BCUT2D eigenvalue weighted by Gasteiger charge is -2.32. The summed E-state index contributed by atoms with van der Waals surface area (Å²) in [6.07, 6.45) is 0.716. The smallest absolute Gasteiger partial charge is 0.183 e. The number of piperidine rings is 1. The highest BCUT2D eigenvalue weighted by Crippen LogP contribution is 2.29. The molecule has 2 aliphatic rings. The van der Waals surface area contributed by atoms with Crippen LogP contribution in [0, 0.1) is 0 Å². The van der Waals surface area contributed by atoms with Crippen molar-refractivity contribution in [1.82, 2.24) is 25.5 Å². The first-order valence-corrected chi connectivity index (χ1v) is 6.65. The fourth-order valence-electron chi connectivity index (χ4n) is 2.26. The highest BCUT2D eigenvalue weighted by molar-refractivity contribution is 5.01. The summed E-state index contributed by atoms with van der Waals surface area (Å²) in [7, 11) is 0. The third kappa shape index (κ3) is 3.08. The number of fused-ring (bicyclic) bond motifs is 1. The minimum absolute atomic E-state index is 0.185. The van der Waals surface area contributed by atoms with Crippen LogP contribution in [0.5, 0.6) is 0 Å². The van der Waals surface area contributed by atoms with Gasteiger partial charge in [0.05, 0.1) is 6.04 Å². The topological polar surface area (TPSA) is 116 Å². The van der Waals surface area contributed by atoms with Crippen molar-refractivity contribution in [2.45, 2.75) is 50.5 Å². The quantitative estimate of drug-likeness (QED) is 0.466. The van der Waals surface area contributed by atoms with Gasteiger partial charge in [0.15, 0.2) is 5.82 Å². The molecule has 0 amide bonds. The SMILES string of the molecule is C1CCNCC1.C[C@@H]1[C@@H](O)[C@H](O)[C@H](O)c2nnnn21. The minimum atomic E-state index is -1.23. The molecule has 0 saturated carbocycles. The molecule has 1 saturated heterocycles. The molecule has 0 aromatic carbocycles. The van der Waals surface area contributed by atoms with Crippen LogP contribution < -0.4 is 5.32 Å². The van der Waals surface area contributed by atoms with Crippen molar-refractivity contribution >= 4 is 0 Å². The van der Waals surface area contributed by atoms with Gasteiger partial charge in [0.25, 0.3) is 0 Å². The average molecular weight is 271 g/mol. The van der Waals surface area contributed by atoms with E-state index in [9.17, 15) is 15.3 Å². The first kappa shape index (κ1) is 14.3. The predicted molar refractivity (Wildman–Crippen MR) is 66.2 cm³/mol. The highest BCUT2D eigenvalue weighted by Gasteiger charge is 2.40. The number of hydrogen-bond donors (Lipinski definition) is 4. The lowest BCUT2D eigenvalue weighted by molar-refractivity contribution is -0.101. The second-order valence-corrected chi connectivity index (χ2v) is 4.96. The summed E-state index contributed by atoms with van der Waals surface area (Å²) in [5.41, 5.74) is 0. The Morgan fingerprint density at radius 1 is 1.11 bits per heavy atom. The van der Waals surface area contributed by atoms with Gasteiger partial charge in [-0.15, -0.1) is 5.10 Å². The maximum Gasteiger partial charge on any atom is 0.183 e. The highest BCUT2D eigenvalue weighted by atomic mass is 16.4. The largest absolute Gasteiger partial charge is 0.388 e. The molecule has 8 nitrogen and oxygen atoms in total.